The average Bonchev–Trinajstić information content (AvgIpc) is 2.36. The second-order valence-electron chi connectivity index (χ2n) is 6.05. The van der Waals surface area contributed by atoms with Crippen LogP contribution in [0.1, 0.15) is 33.1 Å². The number of carbonyl (C=O) groups is 1. The van der Waals surface area contributed by atoms with Crippen LogP contribution in [0, 0.1) is 11.3 Å². The van der Waals surface area contributed by atoms with Gasteiger partial charge in [-0.15, -0.1) is 0 Å². The maximum Gasteiger partial charge on any atom is 0.143 e. The first-order valence-corrected chi connectivity index (χ1v) is 6.81. The first-order chi connectivity index (χ1) is 8.50. The van der Waals surface area contributed by atoms with Gasteiger partial charge in [0.1, 0.15) is 5.78 Å². The summed E-state index contributed by atoms with van der Waals surface area (Å²) in [6.07, 6.45) is 3.25. The van der Waals surface area contributed by atoms with Gasteiger partial charge in [0.05, 0.1) is 0 Å². The number of Topliss-reactive ketones (excluding diaryl/α,β-unsaturated/α-hetero) is 1. The minimum atomic E-state index is -0.125. The predicted molar refractivity (Wildman–Crippen MR) is 75.8 cm³/mol. The van der Waals surface area contributed by atoms with Crippen LogP contribution in [-0.4, -0.2) is 19.4 Å². The Kier molecular flexibility index (Phi) is 3.74. The summed E-state index contributed by atoms with van der Waals surface area (Å²) in [7, 11) is 2.07. The summed E-state index contributed by atoms with van der Waals surface area (Å²) in [5, 5.41) is 0. The van der Waals surface area contributed by atoms with Gasteiger partial charge in [0.25, 0.3) is 0 Å². The van der Waals surface area contributed by atoms with Crippen molar-refractivity contribution in [3.63, 3.8) is 0 Å². The number of rotatable bonds is 3. The minimum absolute atomic E-state index is 0.125. The van der Waals surface area contributed by atoms with E-state index in [2.05, 4.69) is 37.9 Å². The number of ketones is 1. The summed E-state index contributed by atoms with van der Waals surface area (Å²) in [5.41, 5.74) is 1.06. The second kappa shape index (κ2) is 5.13. The normalized spacial score (nSPS) is 22.8. The highest BCUT2D eigenvalue weighted by molar-refractivity contribution is 5.87. The number of hydrogen-bond acceptors (Lipinski definition) is 2. The third kappa shape index (κ3) is 2.74. The lowest BCUT2D eigenvalue weighted by Gasteiger charge is -2.35. The van der Waals surface area contributed by atoms with Crippen LogP contribution in [0.15, 0.2) is 30.3 Å². The molecule has 2 rings (SSSR count). The molecule has 1 aromatic carbocycles. The monoisotopic (exact) mass is 245 g/mol. The summed E-state index contributed by atoms with van der Waals surface area (Å²) in [6, 6.07) is 10.3. The third-order valence-corrected chi connectivity index (χ3v) is 4.08. The molecule has 0 saturated heterocycles. The highest BCUT2D eigenvalue weighted by atomic mass is 16.1. The maximum absolute atomic E-state index is 12.4. The lowest BCUT2D eigenvalue weighted by atomic mass is 9.71. The molecule has 0 aliphatic heterocycles. The number of para-hydroxylation sites is 1. The number of anilines is 1. The lowest BCUT2D eigenvalue weighted by Crippen LogP contribution is -2.40. The van der Waals surface area contributed by atoms with Crippen molar-refractivity contribution in [2.75, 3.05) is 18.5 Å². The molecule has 1 aliphatic rings. The standard InChI is InChI=1S/C16H23NO/c1-16(2)11-7-8-13(15(16)18)12-17(3)14-9-5-4-6-10-14/h4-6,9-10,13H,7-8,11-12H2,1-3H3. The second-order valence-corrected chi connectivity index (χ2v) is 6.05. The SMILES string of the molecule is CN(CC1CCCC(C)(C)C1=O)c1ccccc1. The van der Waals surface area contributed by atoms with E-state index in [4.69, 9.17) is 0 Å². The molecule has 0 radical (unpaired) electrons. The Bertz CT molecular complexity index is 410. The fraction of sp³-hybridized carbons (Fsp3) is 0.562. The zero-order valence-corrected chi connectivity index (χ0v) is 11.6. The van der Waals surface area contributed by atoms with Gasteiger partial charge in [-0.25, -0.2) is 0 Å². The van der Waals surface area contributed by atoms with Crippen LogP contribution < -0.4 is 4.90 Å². The largest absolute Gasteiger partial charge is 0.374 e. The minimum Gasteiger partial charge on any atom is -0.374 e. The predicted octanol–water partition coefficient (Wildman–Crippen LogP) is 3.52. The molecule has 1 aromatic rings. The van der Waals surface area contributed by atoms with Gasteiger partial charge in [-0.3, -0.25) is 4.79 Å². The van der Waals surface area contributed by atoms with Crippen molar-refractivity contribution in [3.05, 3.63) is 30.3 Å². The van der Waals surface area contributed by atoms with Crippen molar-refractivity contribution < 1.29 is 4.79 Å². The molecule has 0 bridgehead atoms. The molecule has 0 spiro atoms. The topological polar surface area (TPSA) is 20.3 Å². The van der Waals surface area contributed by atoms with Crippen molar-refractivity contribution in [3.8, 4) is 0 Å². The van der Waals surface area contributed by atoms with Crippen LogP contribution in [0.4, 0.5) is 5.69 Å². The smallest absolute Gasteiger partial charge is 0.143 e. The fourth-order valence-electron chi connectivity index (χ4n) is 2.89. The van der Waals surface area contributed by atoms with Crippen molar-refractivity contribution in [2.45, 2.75) is 33.1 Å². The Morgan fingerprint density at radius 2 is 1.94 bits per heavy atom. The molecule has 2 heteroatoms. The summed E-state index contributed by atoms with van der Waals surface area (Å²) in [6.45, 7) is 5.01. The van der Waals surface area contributed by atoms with Crippen LogP contribution in [-0.2, 0) is 4.79 Å². The van der Waals surface area contributed by atoms with E-state index in [9.17, 15) is 4.79 Å². The molecule has 2 nitrogen and oxygen atoms in total. The van der Waals surface area contributed by atoms with E-state index in [1.165, 1.54) is 12.1 Å². The Hall–Kier alpha value is -1.31. The molecule has 1 aliphatic carbocycles. The van der Waals surface area contributed by atoms with Gasteiger partial charge in [0.15, 0.2) is 0 Å². The number of benzene rings is 1. The van der Waals surface area contributed by atoms with E-state index in [0.717, 1.165) is 19.4 Å². The number of carbonyl (C=O) groups excluding carboxylic acids is 1. The van der Waals surface area contributed by atoms with Crippen LogP contribution >= 0.6 is 0 Å². The molecular formula is C16H23NO. The third-order valence-electron chi connectivity index (χ3n) is 4.08. The molecular weight excluding hydrogens is 222 g/mol. The van der Waals surface area contributed by atoms with E-state index in [1.54, 1.807) is 0 Å². The molecule has 1 atom stereocenters. The van der Waals surface area contributed by atoms with Gasteiger partial charge in [-0.1, -0.05) is 38.5 Å². The molecule has 0 aromatic heterocycles. The van der Waals surface area contributed by atoms with Crippen molar-refractivity contribution in [1.29, 1.82) is 0 Å². The van der Waals surface area contributed by atoms with Crippen LogP contribution in [0.5, 0.6) is 0 Å². The van der Waals surface area contributed by atoms with Crippen LogP contribution in [0.3, 0.4) is 0 Å². The van der Waals surface area contributed by atoms with Gasteiger partial charge in [-0.2, -0.15) is 0 Å². The molecule has 0 amide bonds. The van der Waals surface area contributed by atoms with Gasteiger partial charge in [0, 0.05) is 30.6 Å². The van der Waals surface area contributed by atoms with E-state index >= 15 is 0 Å². The molecule has 18 heavy (non-hydrogen) atoms. The van der Waals surface area contributed by atoms with Crippen LogP contribution in [0.25, 0.3) is 0 Å². The Labute approximate surface area is 110 Å². The average molecular weight is 245 g/mol. The van der Waals surface area contributed by atoms with E-state index in [0.29, 0.717) is 5.78 Å². The zero-order chi connectivity index (χ0) is 13.2. The van der Waals surface area contributed by atoms with Crippen molar-refractivity contribution in [2.24, 2.45) is 11.3 Å². The number of hydrogen-bond donors (Lipinski definition) is 0. The molecule has 1 fully saturated rings. The first kappa shape index (κ1) is 13.1. The Balaban J connectivity index is 2.03. The highest BCUT2D eigenvalue weighted by Gasteiger charge is 2.37. The van der Waals surface area contributed by atoms with Crippen LogP contribution in [0.2, 0.25) is 0 Å². The van der Waals surface area contributed by atoms with Gasteiger partial charge in [0.2, 0.25) is 0 Å². The van der Waals surface area contributed by atoms with Gasteiger partial charge in [-0.05, 0) is 25.0 Å². The van der Waals surface area contributed by atoms with Gasteiger partial charge >= 0.3 is 0 Å². The molecule has 1 unspecified atom stereocenters. The Morgan fingerprint density at radius 1 is 1.28 bits per heavy atom. The Morgan fingerprint density at radius 3 is 2.61 bits per heavy atom. The summed E-state index contributed by atoms with van der Waals surface area (Å²) < 4.78 is 0. The molecule has 0 heterocycles. The molecule has 0 N–H and O–H groups in total. The summed E-state index contributed by atoms with van der Waals surface area (Å²) in [5.74, 6) is 0.635. The lowest BCUT2D eigenvalue weighted by molar-refractivity contribution is -0.133. The molecule has 1 saturated carbocycles. The fourth-order valence-corrected chi connectivity index (χ4v) is 2.89. The van der Waals surface area contributed by atoms with Gasteiger partial charge < -0.3 is 4.90 Å². The van der Waals surface area contributed by atoms with E-state index in [-0.39, 0.29) is 11.3 Å². The first-order valence-electron chi connectivity index (χ1n) is 6.81. The summed E-state index contributed by atoms with van der Waals surface area (Å²) >= 11 is 0. The van der Waals surface area contributed by atoms with E-state index in [1.807, 2.05) is 18.2 Å². The van der Waals surface area contributed by atoms with Crippen molar-refractivity contribution >= 4 is 11.5 Å². The maximum atomic E-state index is 12.4. The zero-order valence-electron chi connectivity index (χ0n) is 11.6. The summed E-state index contributed by atoms with van der Waals surface area (Å²) in [4.78, 5) is 14.6. The quantitative estimate of drug-likeness (QED) is 0.812. The molecule has 98 valence electrons. The highest BCUT2D eigenvalue weighted by Crippen LogP contribution is 2.35. The van der Waals surface area contributed by atoms with Crippen molar-refractivity contribution in [1.82, 2.24) is 0 Å². The van der Waals surface area contributed by atoms with E-state index < -0.39 is 0 Å². The number of nitrogens with zero attached hydrogens (tertiary/aromatic N) is 1.